The lowest BCUT2D eigenvalue weighted by Crippen LogP contribution is -2.37. The van der Waals surface area contributed by atoms with Gasteiger partial charge in [-0.15, -0.1) is 11.3 Å². The molecule has 1 aromatic carbocycles. The summed E-state index contributed by atoms with van der Waals surface area (Å²) < 4.78 is 1.37. The van der Waals surface area contributed by atoms with Crippen LogP contribution in [0.25, 0.3) is 10.1 Å². The molecule has 0 aliphatic heterocycles. The molecule has 0 radical (unpaired) electrons. The number of rotatable bonds is 5. The van der Waals surface area contributed by atoms with E-state index < -0.39 is 0 Å². The molecule has 1 aromatic heterocycles. The Balaban J connectivity index is 2.16. The second-order valence-corrected chi connectivity index (χ2v) is 7.26. The van der Waals surface area contributed by atoms with Gasteiger partial charge in [0.1, 0.15) is 0 Å². The predicted octanol–water partition coefficient (Wildman–Crippen LogP) is 3.88. The lowest BCUT2D eigenvalue weighted by atomic mass is 9.92. The van der Waals surface area contributed by atoms with Crippen molar-refractivity contribution in [1.82, 2.24) is 4.90 Å². The Labute approximate surface area is 120 Å². The van der Waals surface area contributed by atoms with Gasteiger partial charge in [-0.25, -0.2) is 0 Å². The lowest BCUT2D eigenvalue weighted by molar-refractivity contribution is 0.176. The van der Waals surface area contributed by atoms with Crippen LogP contribution in [0.1, 0.15) is 31.7 Å². The highest BCUT2D eigenvalue weighted by Crippen LogP contribution is 2.33. The van der Waals surface area contributed by atoms with Gasteiger partial charge >= 0.3 is 0 Å². The molecule has 2 N–H and O–H groups in total. The molecule has 1 heterocycles. The monoisotopic (exact) mass is 276 g/mol. The van der Waals surface area contributed by atoms with E-state index in [1.165, 1.54) is 15.0 Å². The van der Waals surface area contributed by atoms with Gasteiger partial charge in [0.15, 0.2) is 0 Å². The predicted molar refractivity (Wildman–Crippen MR) is 85.7 cm³/mol. The van der Waals surface area contributed by atoms with E-state index in [1.54, 1.807) is 0 Å². The summed E-state index contributed by atoms with van der Waals surface area (Å²) in [4.78, 5) is 3.83. The van der Waals surface area contributed by atoms with E-state index in [9.17, 15) is 0 Å². The average molecular weight is 276 g/mol. The smallest absolute Gasteiger partial charge is 0.0410 e. The molecule has 0 bridgehead atoms. The van der Waals surface area contributed by atoms with Gasteiger partial charge in [0.2, 0.25) is 0 Å². The van der Waals surface area contributed by atoms with Crippen molar-refractivity contribution in [2.24, 2.45) is 11.1 Å². The molecule has 0 fully saturated rings. The summed E-state index contributed by atoms with van der Waals surface area (Å²) in [5.41, 5.74) is 6.00. The van der Waals surface area contributed by atoms with Crippen molar-refractivity contribution in [3.8, 4) is 0 Å². The fourth-order valence-corrected chi connectivity index (χ4v) is 3.48. The second kappa shape index (κ2) is 5.61. The van der Waals surface area contributed by atoms with Crippen molar-refractivity contribution in [2.75, 3.05) is 20.1 Å². The molecule has 0 saturated heterocycles. The third kappa shape index (κ3) is 3.35. The summed E-state index contributed by atoms with van der Waals surface area (Å²) in [5.74, 6) is 0. The minimum absolute atomic E-state index is 0.166. The van der Waals surface area contributed by atoms with E-state index >= 15 is 0 Å². The van der Waals surface area contributed by atoms with Gasteiger partial charge in [-0.2, -0.15) is 0 Å². The zero-order chi connectivity index (χ0) is 14.0. The van der Waals surface area contributed by atoms with Gasteiger partial charge in [0.25, 0.3) is 0 Å². The molecule has 0 amide bonds. The molecule has 19 heavy (non-hydrogen) atoms. The molecule has 0 saturated carbocycles. The number of nitrogens with zero attached hydrogens (tertiary/aromatic N) is 1. The molecule has 2 rings (SSSR count). The van der Waals surface area contributed by atoms with Crippen LogP contribution < -0.4 is 5.73 Å². The molecule has 0 aliphatic carbocycles. The van der Waals surface area contributed by atoms with Crippen LogP contribution in [0.15, 0.2) is 30.3 Å². The van der Waals surface area contributed by atoms with E-state index in [-0.39, 0.29) is 5.41 Å². The first-order valence-corrected chi connectivity index (χ1v) is 7.63. The maximum Gasteiger partial charge on any atom is 0.0410 e. The zero-order valence-corrected chi connectivity index (χ0v) is 13.1. The topological polar surface area (TPSA) is 29.3 Å². The Morgan fingerprint density at radius 1 is 1.32 bits per heavy atom. The lowest BCUT2D eigenvalue weighted by Gasteiger charge is -2.32. The number of hydrogen-bond donors (Lipinski definition) is 1. The molecule has 3 heteroatoms. The van der Waals surface area contributed by atoms with E-state index in [2.05, 4.69) is 63.1 Å². The summed E-state index contributed by atoms with van der Waals surface area (Å²) in [6.07, 6.45) is 0. The maximum absolute atomic E-state index is 5.83. The molecule has 2 nitrogen and oxygen atoms in total. The largest absolute Gasteiger partial charge is 0.330 e. The van der Waals surface area contributed by atoms with Crippen LogP contribution in [0.5, 0.6) is 0 Å². The normalized spacial score (nSPS) is 14.2. The molecule has 1 atom stereocenters. The summed E-state index contributed by atoms with van der Waals surface area (Å²) >= 11 is 1.89. The van der Waals surface area contributed by atoms with Gasteiger partial charge < -0.3 is 5.73 Å². The van der Waals surface area contributed by atoms with Gasteiger partial charge in [0.05, 0.1) is 0 Å². The summed E-state index contributed by atoms with van der Waals surface area (Å²) in [5, 5.41) is 1.35. The van der Waals surface area contributed by atoms with E-state index in [0.29, 0.717) is 6.04 Å². The Bertz CT molecular complexity index is 511. The highest BCUT2D eigenvalue weighted by Gasteiger charge is 2.22. The number of fused-ring (bicyclic) bond motifs is 1. The van der Waals surface area contributed by atoms with Crippen molar-refractivity contribution >= 4 is 21.4 Å². The minimum atomic E-state index is 0.166. The molecule has 1 unspecified atom stereocenters. The first-order chi connectivity index (χ1) is 8.93. The quantitative estimate of drug-likeness (QED) is 0.898. The van der Waals surface area contributed by atoms with E-state index in [1.807, 2.05) is 11.3 Å². The molecule has 0 aliphatic rings. The highest BCUT2D eigenvalue weighted by molar-refractivity contribution is 7.19. The summed E-state index contributed by atoms with van der Waals surface area (Å²) in [6, 6.07) is 11.3. The third-order valence-corrected chi connectivity index (χ3v) is 5.03. The Kier molecular flexibility index (Phi) is 4.29. The van der Waals surface area contributed by atoms with Crippen molar-refractivity contribution in [3.63, 3.8) is 0 Å². The van der Waals surface area contributed by atoms with Gasteiger partial charge in [-0.05, 0) is 43.5 Å². The SMILES string of the molecule is CC(c1cc2ccccc2s1)N(C)CC(C)(C)CN. The van der Waals surface area contributed by atoms with Gasteiger partial charge in [-0.3, -0.25) is 4.90 Å². The molecule has 104 valence electrons. The van der Waals surface area contributed by atoms with Crippen molar-refractivity contribution in [1.29, 1.82) is 0 Å². The third-order valence-electron chi connectivity index (χ3n) is 3.75. The summed E-state index contributed by atoms with van der Waals surface area (Å²) in [6.45, 7) is 8.45. The van der Waals surface area contributed by atoms with Crippen LogP contribution >= 0.6 is 11.3 Å². The fraction of sp³-hybridized carbons (Fsp3) is 0.500. The van der Waals surface area contributed by atoms with Crippen molar-refractivity contribution < 1.29 is 0 Å². The minimum Gasteiger partial charge on any atom is -0.330 e. The van der Waals surface area contributed by atoms with E-state index in [4.69, 9.17) is 5.73 Å². The van der Waals surface area contributed by atoms with Crippen molar-refractivity contribution in [2.45, 2.75) is 26.8 Å². The van der Waals surface area contributed by atoms with Crippen LogP contribution in [-0.2, 0) is 0 Å². The Morgan fingerprint density at radius 2 is 2.00 bits per heavy atom. The van der Waals surface area contributed by atoms with Crippen LogP contribution in [0.4, 0.5) is 0 Å². The van der Waals surface area contributed by atoms with Crippen LogP contribution in [0, 0.1) is 5.41 Å². The molecular weight excluding hydrogens is 252 g/mol. The molecule has 2 aromatic rings. The molecule has 0 spiro atoms. The van der Waals surface area contributed by atoms with Crippen LogP contribution in [-0.4, -0.2) is 25.0 Å². The average Bonchev–Trinajstić information content (AvgIpc) is 2.81. The number of hydrogen-bond acceptors (Lipinski definition) is 3. The van der Waals surface area contributed by atoms with Crippen LogP contribution in [0.3, 0.4) is 0 Å². The maximum atomic E-state index is 5.83. The number of thiophene rings is 1. The highest BCUT2D eigenvalue weighted by atomic mass is 32.1. The van der Waals surface area contributed by atoms with Crippen LogP contribution in [0.2, 0.25) is 0 Å². The number of benzene rings is 1. The fourth-order valence-electron chi connectivity index (χ4n) is 2.30. The Morgan fingerprint density at radius 3 is 2.63 bits per heavy atom. The van der Waals surface area contributed by atoms with Crippen molar-refractivity contribution in [3.05, 3.63) is 35.2 Å². The standard InChI is InChI=1S/C16H24N2S/c1-12(18(4)11-16(2,3)10-17)15-9-13-7-5-6-8-14(13)19-15/h5-9,12H,10-11,17H2,1-4H3. The second-order valence-electron chi connectivity index (χ2n) is 6.15. The Hall–Kier alpha value is -0.900. The zero-order valence-electron chi connectivity index (χ0n) is 12.3. The first kappa shape index (κ1) is 14.5. The molecular formula is C16H24N2S. The van der Waals surface area contributed by atoms with Gasteiger partial charge in [0, 0.05) is 22.2 Å². The van der Waals surface area contributed by atoms with E-state index in [0.717, 1.165) is 13.1 Å². The van der Waals surface area contributed by atoms with Gasteiger partial charge in [-0.1, -0.05) is 32.0 Å². The summed E-state index contributed by atoms with van der Waals surface area (Å²) in [7, 11) is 2.19. The number of nitrogens with two attached hydrogens (primary N) is 1. The first-order valence-electron chi connectivity index (χ1n) is 6.82.